The molecule has 0 aromatic carbocycles. The molecule has 26 heavy (non-hydrogen) atoms. The van der Waals surface area contributed by atoms with Gasteiger partial charge in [0.1, 0.15) is 4.21 Å². The van der Waals surface area contributed by atoms with Crippen LogP contribution in [0.2, 0.25) is 0 Å². The molecule has 2 aromatic rings. The number of esters is 1. The summed E-state index contributed by atoms with van der Waals surface area (Å²) in [4.78, 5) is 12.0. The second-order valence-corrected chi connectivity index (χ2v) is 9.41. The highest BCUT2D eigenvalue weighted by Gasteiger charge is 2.35. The zero-order valence-corrected chi connectivity index (χ0v) is 16.7. The van der Waals surface area contributed by atoms with Crippen molar-refractivity contribution in [2.24, 2.45) is 5.92 Å². The fourth-order valence-electron chi connectivity index (χ4n) is 3.00. The van der Waals surface area contributed by atoms with Gasteiger partial charge in [0.05, 0.1) is 18.2 Å². The monoisotopic (exact) mass is 398 g/mol. The van der Waals surface area contributed by atoms with E-state index in [1.165, 1.54) is 4.31 Å². The normalized spacial score (nSPS) is 18.8. The topological polar surface area (TPSA) is 89.7 Å². The van der Waals surface area contributed by atoms with Gasteiger partial charge in [-0.3, -0.25) is 4.79 Å². The zero-order valence-electron chi connectivity index (χ0n) is 15.0. The first-order valence-corrected chi connectivity index (χ1v) is 10.8. The van der Waals surface area contributed by atoms with Crippen LogP contribution in [0.1, 0.15) is 31.0 Å². The summed E-state index contributed by atoms with van der Waals surface area (Å²) in [6.45, 7) is 6.35. The van der Waals surface area contributed by atoms with Gasteiger partial charge in [-0.05, 0) is 39.7 Å². The average Bonchev–Trinajstić information content (AvgIpc) is 3.23. The molecule has 1 fully saturated rings. The molecule has 0 aliphatic carbocycles. The summed E-state index contributed by atoms with van der Waals surface area (Å²) in [6, 6.07) is 1.61. The smallest absolute Gasteiger partial charge is 0.310 e. The summed E-state index contributed by atoms with van der Waals surface area (Å²) >= 11 is 1.15. The summed E-state index contributed by atoms with van der Waals surface area (Å²) in [5.74, 6) is -0.146. The second kappa shape index (κ2) is 7.50. The molecule has 0 bridgehead atoms. The van der Waals surface area contributed by atoms with E-state index in [9.17, 15) is 13.2 Å². The van der Waals surface area contributed by atoms with E-state index in [1.807, 2.05) is 13.8 Å². The minimum atomic E-state index is -3.65. The third kappa shape index (κ3) is 3.56. The Kier molecular flexibility index (Phi) is 5.50. The van der Waals surface area contributed by atoms with Gasteiger partial charge in [0, 0.05) is 29.6 Å². The van der Waals surface area contributed by atoms with Crippen LogP contribution in [0.5, 0.6) is 0 Å². The van der Waals surface area contributed by atoms with Crippen molar-refractivity contribution in [3.8, 4) is 11.3 Å². The Morgan fingerprint density at radius 3 is 2.88 bits per heavy atom. The highest BCUT2D eigenvalue weighted by Crippen LogP contribution is 2.34. The van der Waals surface area contributed by atoms with Crippen LogP contribution >= 0.6 is 11.3 Å². The van der Waals surface area contributed by atoms with E-state index in [2.05, 4.69) is 5.16 Å². The number of aryl methyl sites for hydroxylation is 1. The third-order valence-corrected chi connectivity index (χ3v) is 7.87. The number of rotatable bonds is 5. The van der Waals surface area contributed by atoms with Gasteiger partial charge in [-0.1, -0.05) is 5.16 Å². The molecular weight excluding hydrogens is 376 g/mol. The van der Waals surface area contributed by atoms with Crippen molar-refractivity contribution in [1.29, 1.82) is 0 Å². The van der Waals surface area contributed by atoms with Gasteiger partial charge in [0.15, 0.2) is 5.76 Å². The molecule has 2 aromatic heterocycles. The molecule has 0 amide bonds. The van der Waals surface area contributed by atoms with Crippen molar-refractivity contribution in [2.45, 2.75) is 37.8 Å². The number of carbonyl (C=O) groups excluding carboxylic acids is 1. The van der Waals surface area contributed by atoms with E-state index in [-0.39, 0.29) is 16.7 Å². The van der Waals surface area contributed by atoms with E-state index in [4.69, 9.17) is 9.26 Å². The summed E-state index contributed by atoms with van der Waals surface area (Å²) < 4.78 is 38.0. The maximum atomic E-state index is 13.0. The average molecular weight is 399 g/mol. The molecule has 0 N–H and O–H groups in total. The van der Waals surface area contributed by atoms with Crippen LogP contribution in [0.15, 0.2) is 20.2 Å². The van der Waals surface area contributed by atoms with E-state index >= 15 is 0 Å². The Morgan fingerprint density at radius 1 is 1.46 bits per heavy atom. The highest BCUT2D eigenvalue weighted by molar-refractivity contribution is 7.91. The van der Waals surface area contributed by atoms with Crippen molar-refractivity contribution in [3.05, 3.63) is 22.7 Å². The van der Waals surface area contributed by atoms with E-state index in [0.29, 0.717) is 37.3 Å². The number of carbonyl (C=O) groups is 1. The Bertz CT molecular complexity index is 900. The second-order valence-electron chi connectivity index (χ2n) is 6.33. The largest absolute Gasteiger partial charge is 0.466 e. The van der Waals surface area contributed by atoms with E-state index < -0.39 is 15.9 Å². The fraction of sp³-hybridized carbons (Fsp3) is 0.529. The van der Waals surface area contributed by atoms with Crippen molar-refractivity contribution >= 4 is 27.3 Å². The quantitative estimate of drug-likeness (QED) is 0.719. The van der Waals surface area contributed by atoms with Crippen molar-refractivity contribution < 1.29 is 22.5 Å². The maximum absolute atomic E-state index is 13.0. The first-order valence-electron chi connectivity index (χ1n) is 8.53. The molecule has 0 saturated carbocycles. The molecule has 1 saturated heterocycles. The number of thiophene rings is 1. The molecule has 1 aliphatic rings. The van der Waals surface area contributed by atoms with Crippen molar-refractivity contribution in [2.75, 3.05) is 19.7 Å². The van der Waals surface area contributed by atoms with Crippen LogP contribution in [0.25, 0.3) is 11.3 Å². The van der Waals surface area contributed by atoms with Crippen LogP contribution in [0.3, 0.4) is 0 Å². The van der Waals surface area contributed by atoms with Crippen molar-refractivity contribution in [1.82, 2.24) is 9.46 Å². The van der Waals surface area contributed by atoms with Gasteiger partial charge in [0.25, 0.3) is 10.0 Å². The van der Waals surface area contributed by atoms with Gasteiger partial charge in [0.2, 0.25) is 0 Å². The zero-order chi connectivity index (χ0) is 18.9. The molecule has 9 heteroatoms. The Labute approximate surface area is 157 Å². The standard InChI is InChI=1S/C17H22N2O5S2/c1-4-23-17(20)13-6-5-7-19(9-13)26(21,22)15-8-14(10-25-15)16-11(2)12(3)18-24-16/h8,10,13H,4-7,9H2,1-3H3. The van der Waals surface area contributed by atoms with Crippen LogP contribution < -0.4 is 0 Å². The lowest BCUT2D eigenvalue weighted by Gasteiger charge is -2.30. The summed E-state index contributed by atoms with van der Waals surface area (Å²) in [6.07, 6.45) is 1.29. The fourth-order valence-corrected chi connectivity index (χ4v) is 5.83. The number of sulfonamides is 1. The molecule has 3 rings (SSSR count). The lowest BCUT2D eigenvalue weighted by molar-refractivity contribution is -0.149. The summed E-state index contributed by atoms with van der Waals surface area (Å²) in [5.41, 5.74) is 2.38. The first kappa shape index (κ1) is 19.1. The number of ether oxygens (including phenoxy) is 1. The predicted molar refractivity (Wildman–Crippen MR) is 97.4 cm³/mol. The molecule has 1 unspecified atom stereocenters. The van der Waals surface area contributed by atoms with Gasteiger partial charge < -0.3 is 9.26 Å². The molecule has 3 heterocycles. The molecule has 7 nitrogen and oxygen atoms in total. The van der Waals surface area contributed by atoms with Crippen LogP contribution in [-0.2, 0) is 19.6 Å². The Morgan fingerprint density at radius 2 is 2.23 bits per heavy atom. The lowest BCUT2D eigenvalue weighted by atomic mass is 10.0. The molecular formula is C17H22N2O5S2. The number of piperidine rings is 1. The minimum absolute atomic E-state index is 0.162. The van der Waals surface area contributed by atoms with Gasteiger partial charge >= 0.3 is 5.97 Å². The number of hydrogen-bond acceptors (Lipinski definition) is 7. The van der Waals surface area contributed by atoms with Crippen LogP contribution in [0, 0.1) is 19.8 Å². The van der Waals surface area contributed by atoms with Crippen LogP contribution in [-0.4, -0.2) is 43.5 Å². The molecule has 142 valence electrons. The molecule has 1 atom stereocenters. The van der Waals surface area contributed by atoms with E-state index in [0.717, 1.165) is 22.6 Å². The lowest BCUT2D eigenvalue weighted by Crippen LogP contribution is -2.42. The molecule has 0 radical (unpaired) electrons. The number of nitrogens with zero attached hydrogens (tertiary/aromatic N) is 2. The van der Waals surface area contributed by atoms with E-state index in [1.54, 1.807) is 18.4 Å². The number of aromatic nitrogens is 1. The third-order valence-electron chi connectivity index (χ3n) is 4.59. The molecule has 1 aliphatic heterocycles. The van der Waals surface area contributed by atoms with Gasteiger partial charge in [-0.2, -0.15) is 4.31 Å². The molecule has 0 spiro atoms. The van der Waals surface area contributed by atoms with Crippen LogP contribution in [0.4, 0.5) is 0 Å². The first-order chi connectivity index (χ1) is 12.3. The summed E-state index contributed by atoms with van der Waals surface area (Å²) in [7, 11) is -3.65. The summed E-state index contributed by atoms with van der Waals surface area (Å²) in [5, 5.41) is 5.68. The Hall–Kier alpha value is -1.71. The number of hydrogen-bond donors (Lipinski definition) is 0. The highest BCUT2D eigenvalue weighted by atomic mass is 32.2. The minimum Gasteiger partial charge on any atom is -0.466 e. The maximum Gasteiger partial charge on any atom is 0.310 e. The predicted octanol–water partition coefficient (Wildman–Crippen LogP) is 2.98. The van der Waals surface area contributed by atoms with Crippen molar-refractivity contribution in [3.63, 3.8) is 0 Å². The SMILES string of the molecule is CCOC(=O)C1CCCN(S(=O)(=O)c2cc(-c3onc(C)c3C)cs2)C1. The van der Waals surface area contributed by atoms with Gasteiger partial charge in [-0.25, -0.2) is 8.42 Å². The van der Waals surface area contributed by atoms with Gasteiger partial charge in [-0.15, -0.1) is 11.3 Å². The Balaban J connectivity index is 1.82.